The Morgan fingerprint density at radius 2 is 2.00 bits per heavy atom. The zero-order valence-electron chi connectivity index (χ0n) is 17.3. The van der Waals surface area contributed by atoms with Crippen LogP contribution in [0, 0.1) is 11.2 Å². The summed E-state index contributed by atoms with van der Waals surface area (Å²) in [5, 5.41) is 6.85. The van der Waals surface area contributed by atoms with Crippen LogP contribution >= 0.6 is 0 Å². The molecule has 27 heavy (non-hydrogen) atoms. The highest BCUT2D eigenvalue weighted by atomic mass is 19.1. The smallest absolute Gasteiger partial charge is 0.191 e. The Balaban J connectivity index is 1.90. The summed E-state index contributed by atoms with van der Waals surface area (Å²) in [5.41, 5.74) is 2.07. The van der Waals surface area contributed by atoms with Gasteiger partial charge < -0.3 is 20.3 Å². The van der Waals surface area contributed by atoms with Crippen molar-refractivity contribution in [1.29, 1.82) is 0 Å². The molecule has 152 valence electrons. The summed E-state index contributed by atoms with van der Waals surface area (Å²) < 4.78 is 19.2. The van der Waals surface area contributed by atoms with Crippen molar-refractivity contribution in [1.82, 2.24) is 15.5 Å². The quantitative estimate of drug-likeness (QED) is 0.512. The fourth-order valence-electron chi connectivity index (χ4n) is 3.84. The molecule has 0 bridgehead atoms. The molecule has 6 heteroatoms. The molecule has 1 aliphatic rings. The average molecular weight is 379 g/mol. The predicted molar refractivity (Wildman–Crippen MR) is 109 cm³/mol. The van der Waals surface area contributed by atoms with Crippen LogP contribution in [-0.2, 0) is 17.8 Å². The minimum Gasteiger partial charge on any atom is -0.385 e. The van der Waals surface area contributed by atoms with E-state index < -0.39 is 0 Å². The monoisotopic (exact) mass is 378 g/mol. The number of ether oxygens (including phenoxy) is 1. The van der Waals surface area contributed by atoms with Gasteiger partial charge in [0, 0.05) is 46.0 Å². The molecule has 0 amide bonds. The summed E-state index contributed by atoms with van der Waals surface area (Å²) in [6, 6.07) is 5.29. The van der Waals surface area contributed by atoms with E-state index in [1.807, 2.05) is 31.1 Å². The topological polar surface area (TPSA) is 48.9 Å². The molecule has 2 N–H and O–H groups in total. The van der Waals surface area contributed by atoms with Gasteiger partial charge in [-0.25, -0.2) is 4.39 Å². The molecule has 1 aromatic rings. The number of nitrogens with one attached hydrogen (secondary N) is 2. The van der Waals surface area contributed by atoms with Crippen molar-refractivity contribution in [2.45, 2.75) is 45.2 Å². The molecular formula is C21H35FN4O. The summed E-state index contributed by atoms with van der Waals surface area (Å²) in [6.07, 6.45) is 6.15. The summed E-state index contributed by atoms with van der Waals surface area (Å²) in [7, 11) is 7.44. The van der Waals surface area contributed by atoms with E-state index in [2.05, 4.69) is 15.6 Å². The SMILES string of the molecule is CN=C(NCc1ccc(F)c(CN(C)C)c1)NCC1(CCOC)CCCC1. The molecule has 0 radical (unpaired) electrons. The highest BCUT2D eigenvalue weighted by Crippen LogP contribution is 2.40. The molecule has 1 saturated carbocycles. The van der Waals surface area contributed by atoms with E-state index >= 15 is 0 Å². The number of benzene rings is 1. The lowest BCUT2D eigenvalue weighted by molar-refractivity contribution is 0.138. The lowest BCUT2D eigenvalue weighted by Crippen LogP contribution is -2.43. The van der Waals surface area contributed by atoms with Gasteiger partial charge in [-0.2, -0.15) is 0 Å². The van der Waals surface area contributed by atoms with Crippen LogP contribution in [-0.4, -0.2) is 52.3 Å². The lowest BCUT2D eigenvalue weighted by Gasteiger charge is -2.30. The summed E-state index contributed by atoms with van der Waals surface area (Å²) in [4.78, 5) is 6.31. The fourth-order valence-corrected chi connectivity index (χ4v) is 3.84. The highest BCUT2D eigenvalue weighted by Gasteiger charge is 2.33. The molecule has 0 aliphatic heterocycles. The zero-order chi connectivity index (χ0) is 19.7. The molecule has 5 nitrogen and oxygen atoms in total. The van der Waals surface area contributed by atoms with Crippen molar-refractivity contribution in [3.05, 3.63) is 35.1 Å². The number of guanidine groups is 1. The van der Waals surface area contributed by atoms with Crippen molar-refractivity contribution >= 4 is 5.96 Å². The van der Waals surface area contributed by atoms with Gasteiger partial charge in [0.1, 0.15) is 5.82 Å². The average Bonchev–Trinajstić information content (AvgIpc) is 3.11. The van der Waals surface area contributed by atoms with E-state index in [1.54, 1.807) is 20.2 Å². The van der Waals surface area contributed by atoms with Crippen LogP contribution in [0.15, 0.2) is 23.2 Å². The number of aliphatic imine (C=N–C) groups is 1. The molecule has 1 aromatic carbocycles. The van der Waals surface area contributed by atoms with Crippen molar-refractivity contribution in [3.8, 4) is 0 Å². The molecule has 0 atom stereocenters. The van der Waals surface area contributed by atoms with Crippen LogP contribution in [0.5, 0.6) is 0 Å². The van der Waals surface area contributed by atoms with Gasteiger partial charge in [-0.3, -0.25) is 4.99 Å². The summed E-state index contributed by atoms with van der Waals surface area (Å²) in [6.45, 7) is 2.92. The molecular weight excluding hydrogens is 343 g/mol. The summed E-state index contributed by atoms with van der Waals surface area (Å²) >= 11 is 0. The van der Waals surface area contributed by atoms with E-state index in [4.69, 9.17) is 4.74 Å². The first-order valence-electron chi connectivity index (χ1n) is 9.83. The van der Waals surface area contributed by atoms with Crippen LogP contribution in [0.4, 0.5) is 4.39 Å². The second kappa shape index (κ2) is 10.6. The minimum atomic E-state index is -0.156. The molecule has 1 aliphatic carbocycles. The van der Waals surface area contributed by atoms with Gasteiger partial charge in [-0.05, 0) is 56.5 Å². The maximum Gasteiger partial charge on any atom is 0.191 e. The van der Waals surface area contributed by atoms with E-state index in [0.717, 1.165) is 31.1 Å². The molecule has 0 spiro atoms. The van der Waals surface area contributed by atoms with E-state index in [9.17, 15) is 4.39 Å². The Bertz CT molecular complexity index is 612. The lowest BCUT2D eigenvalue weighted by atomic mass is 9.83. The van der Waals surface area contributed by atoms with Gasteiger partial charge in [0.25, 0.3) is 0 Å². The number of rotatable bonds is 9. The number of methoxy groups -OCH3 is 1. The van der Waals surface area contributed by atoms with Gasteiger partial charge in [0.15, 0.2) is 5.96 Å². The van der Waals surface area contributed by atoms with Gasteiger partial charge >= 0.3 is 0 Å². The molecule has 2 rings (SSSR count). The zero-order valence-corrected chi connectivity index (χ0v) is 17.3. The first-order valence-corrected chi connectivity index (χ1v) is 9.83. The van der Waals surface area contributed by atoms with Gasteiger partial charge in [-0.15, -0.1) is 0 Å². The third-order valence-electron chi connectivity index (χ3n) is 5.41. The van der Waals surface area contributed by atoms with E-state index in [0.29, 0.717) is 24.1 Å². The maximum atomic E-state index is 13.9. The largest absolute Gasteiger partial charge is 0.385 e. The van der Waals surface area contributed by atoms with Crippen molar-refractivity contribution in [2.24, 2.45) is 10.4 Å². The van der Waals surface area contributed by atoms with Crippen molar-refractivity contribution in [3.63, 3.8) is 0 Å². The first kappa shape index (κ1) is 21.6. The number of hydrogen-bond acceptors (Lipinski definition) is 3. The Morgan fingerprint density at radius 1 is 1.26 bits per heavy atom. The molecule has 0 aromatic heterocycles. The predicted octanol–water partition coefficient (Wildman–Crippen LogP) is 3.15. The van der Waals surface area contributed by atoms with E-state index in [1.165, 1.54) is 25.7 Å². The Hall–Kier alpha value is -1.66. The highest BCUT2D eigenvalue weighted by molar-refractivity contribution is 5.79. The second-order valence-corrected chi connectivity index (χ2v) is 7.89. The third kappa shape index (κ3) is 6.78. The number of nitrogens with zero attached hydrogens (tertiary/aromatic N) is 2. The van der Waals surface area contributed by atoms with Crippen LogP contribution in [0.3, 0.4) is 0 Å². The first-order chi connectivity index (χ1) is 13.0. The Kier molecular flexibility index (Phi) is 8.51. The second-order valence-electron chi connectivity index (χ2n) is 7.89. The third-order valence-corrected chi connectivity index (χ3v) is 5.41. The Morgan fingerprint density at radius 3 is 2.63 bits per heavy atom. The van der Waals surface area contributed by atoms with Gasteiger partial charge in [0.05, 0.1) is 0 Å². The fraction of sp³-hybridized carbons (Fsp3) is 0.667. The van der Waals surface area contributed by atoms with Crippen LogP contribution < -0.4 is 10.6 Å². The minimum absolute atomic E-state index is 0.156. The van der Waals surface area contributed by atoms with Crippen molar-refractivity contribution in [2.75, 3.05) is 41.4 Å². The summed E-state index contributed by atoms with van der Waals surface area (Å²) in [5.74, 6) is 0.633. The van der Waals surface area contributed by atoms with Crippen LogP contribution in [0.2, 0.25) is 0 Å². The number of halogens is 1. The standard InChI is InChI=1S/C21H35FN4O/c1-23-20(25-16-21(11-12-27-4)9-5-6-10-21)24-14-17-7-8-19(22)18(13-17)15-26(2)3/h7-8,13H,5-6,9-12,14-16H2,1-4H3,(H2,23,24,25). The molecule has 1 fully saturated rings. The van der Waals surface area contributed by atoms with Crippen molar-refractivity contribution < 1.29 is 9.13 Å². The Labute approximate surface area is 163 Å². The van der Waals surface area contributed by atoms with Crippen LogP contribution in [0.25, 0.3) is 0 Å². The van der Waals surface area contributed by atoms with Gasteiger partial charge in [0.2, 0.25) is 0 Å². The normalized spacial score (nSPS) is 16.7. The molecule has 0 saturated heterocycles. The maximum absolute atomic E-state index is 13.9. The van der Waals surface area contributed by atoms with Crippen LogP contribution in [0.1, 0.15) is 43.2 Å². The van der Waals surface area contributed by atoms with Gasteiger partial charge in [-0.1, -0.05) is 18.9 Å². The molecule has 0 heterocycles. The van der Waals surface area contributed by atoms with E-state index in [-0.39, 0.29) is 5.82 Å². The molecule has 0 unspecified atom stereocenters. The number of hydrogen-bond donors (Lipinski definition) is 2.